The molecular weight excluding hydrogens is 1160 g/mol. The predicted octanol–water partition coefficient (Wildman–Crippen LogP) is 6.05. The minimum Gasteiger partial charge on any atom is -0.652 e. The zero-order valence-corrected chi connectivity index (χ0v) is 51.7. The Kier molecular flexibility index (Phi) is 11.5. The van der Waals surface area contributed by atoms with E-state index in [0.29, 0.717) is 113 Å². The molecule has 0 saturated heterocycles. The molecule has 0 fully saturated rings. The standard InChI is InChI=1S/C59H24N6O8S2.2Rb/c1-62-53(67)34-14-21(18-60)41-24-2-6-28-48-30(56(70)63-54(28)68)8-4-26(44(24)48)46-32(16-23(20-66)43(34)51(41)46)37-10-12-39(74-37)40-13-11-38(75-40)33-17-36-50-35(58(72)65-59(36)73)15-22(19-61)42-25-3-7-29-49-31(57(71)64-55(29)69)9-5-27(45(25)49)47(33)52(42)50;;/h2-17,20H,1H3,(H4,62,63,64,65,67,68,69,70,71,72,73);;/q;2*+1/p-2. The summed E-state index contributed by atoms with van der Waals surface area (Å²) in [6.07, 6.45) is 0.675. The molecule has 15 rings (SSSR count). The van der Waals surface area contributed by atoms with Gasteiger partial charge in [0.15, 0.2) is 6.29 Å². The number of nitrogens with one attached hydrogen (secondary N) is 2. The first-order valence-electron chi connectivity index (χ1n) is 23.1. The summed E-state index contributed by atoms with van der Waals surface area (Å²) in [5.74, 6) is -4.37. The molecule has 3 aliphatic heterocycles. The Bertz CT molecular complexity index is 5020. The van der Waals surface area contributed by atoms with Gasteiger partial charge in [0.2, 0.25) is 0 Å². The number of aldehydes is 1. The van der Waals surface area contributed by atoms with E-state index in [1.807, 2.05) is 24.3 Å². The van der Waals surface area contributed by atoms with E-state index in [4.69, 9.17) is 0 Å². The molecule has 7 amide bonds. The van der Waals surface area contributed by atoms with Crippen LogP contribution in [0.1, 0.15) is 94.0 Å². The molecule has 0 radical (unpaired) electrons. The molecule has 77 heavy (non-hydrogen) atoms. The van der Waals surface area contributed by atoms with Crippen molar-refractivity contribution in [2.45, 2.75) is 0 Å². The molecule has 0 spiro atoms. The normalized spacial score (nSPS) is 13.6. The molecule has 0 unspecified atom stereocenters. The van der Waals surface area contributed by atoms with Gasteiger partial charge in [-0.05, 0) is 104 Å². The van der Waals surface area contributed by atoms with Gasteiger partial charge in [-0.3, -0.25) is 34.6 Å². The monoisotopic (exact) mass is 1180 g/mol. The Morgan fingerprint density at radius 3 is 1.39 bits per heavy atom. The van der Waals surface area contributed by atoms with Crippen LogP contribution in [0.15, 0.2) is 97.1 Å². The average molecular weight is 1180 g/mol. The maximum absolute atomic E-state index is 13.9. The minimum atomic E-state index is -0.681. The number of fused-ring (bicyclic) bond motifs is 4. The molecule has 12 aromatic rings. The number of nitriles is 2. The van der Waals surface area contributed by atoms with E-state index < -0.39 is 41.4 Å². The minimum absolute atomic E-state index is 0. The quantitative estimate of drug-likeness (QED) is 0.0875. The number of amides is 7. The summed E-state index contributed by atoms with van der Waals surface area (Å²) in [5, 5.41) is 42.2. The number of carbonyl (C=O) groups excluding carboxylic acids is 8. The van der Waals surface area contributed by atoms with E-state index in [1.54, 1.807) is 60.7 Å². The van der Waals surface area contributed by atoms with Crippen molar-refractivity contribution in [3.05, 3.63) is 163 Å². The average Bonchev–Trinajstić information content (AvgIpc) is 4.21. The van der Waals surface area contributed by atoms with Gasteiger partial charge in [-0.15, -0.1) is 29.7 Å². The molecule has 14 nitrogen and oxygen atoms in total. The van der Waals surface area contributed by atoms with Gasteiger partial charge in [-0.1, -0.05) is 36.4 Å². The summed E-state index contributed by atoms with van der Waals surface area (Å²) in [5.41, 5.74) is 3.20. The molecular formula is C59H22N6O8Rb2S2. The Labute approximate surface area is 537 Å². The van der Waals surface area contributed by atoms with E-state index in [0.717, 1.165) is 9.75 Å². The number of hydrogen-bond acceptors (Lipinski definition) is 12. The van der Waals surface area contributed by atoms with Gasteiger partial charge in [-0.2, -0.15) is 10.5 Å². The molecule has 0 bridgehead atoms. The van der Waals surface area contributed by atoms with E-state index in [9.17, 15) is 48.9 Å². The number of hydrogen-bond donors (Lipinski definition) is 2. The number of thiophene rings is 2. The molecule has 2 N–H and O–H groups in total. The number of benzene rings is 10. The first-order valence-corrected chi connectivity index (χ1v) is 24.7. The molecule has 350 valence electrons. The van der Waals surface area contributed by atoms with Crippen molar-refractivity contribution in [2.24, 2.45) is 0 Å². The van der Waals surface area contributed by atoms with Crippen molar-refractivity contribution in [3.63, 3.8) is 0 Å². The maximum Gasteiger partial charge on any atom is 1.00 e. The topological polar surface area (TPSA) is 236 Å². The first-order chi connectivity index (χ1) is 36.4. The van der Waals surface area contributed by atoms with Gasteiger partial charge >= 0.3 is 116 Å². The van der Waals surface area contributed by atoms with Crippen LogP contribution in [0, 0.1) is 22.7 Å². The number of carbonyl (C=O) groups is 8. The van der Waals surface area contributed by atoms with Gasteiger partial charge in [0.1, 0.15) is 0 Å². The Balaban J connectivity index is 0.00000283. The van der Waals surface area contributed by atoms with E-state index in [2.05, 4.69) is 33.4 Å². The van der Waals surface area contributed by atoms with Gasteiger partial charge in [0, 0.05) is 118 Å². The van der Waals surface area contributed by atoms with Crippen molar-refractivity contribution in [2.75, 3.05) is 7.05 Å². The van der Waals surface area contributed by atoms with Crippen LogP contribution in [0.3, 0.4) is 0 Å². The van der Waals surface area contributed by atoms with Crippen LogP contribution in [0.25, 0.3) is 127 Å². The molecule has 0 atom stereocenters. The van der Waals surface area contributed by atoms with E-state index in [1.165, 1.54) is 41.9 Å². The fraction of sp³-hybridized carbons (Fsp3) is 0.0169. The molecule has 0 aliphatic carbocycles. The number of nitrogens with zero attached hydrogens (tertiary/aromatic N) is 4. The van der Waals surface area contributed by atoms with Crippen molar-refractivity contribution in [3.8, 4) is 42.8 Å². The van der Waals surface area contributed by atoms with Crippen LogP contribution >= 0.6 is 22.7 Å². The van der Waals surface area contributed by atoms with Crippen molar-refractivity contribution >= 4 is 156 Å². The van der Waals surface area contributed by atoms with Crippen LogP contribution in [0.4, 0.5) is 0 Å². The maximum atomic E-state index is 13.9. The molecule has 5 heterocycles. The summed E-state index contributed by atoms with van der Waals surface area (Å²) in [6.45, 7) is 0. The third-order valence-corrected chi connectivity index (χ3v) is 17.6. The fourth-order valence-corrected chi connectivity index (χ4v) is 14.4. The number of imide groups is 3. The van der Waals surface area contributed by atoms with Crippen molar-refractivity contribution < 1.29 is 155 Å². The van der Waals surface area contributed by atoms with E-state index >= 15 is 0 Å². The zero-order valence-electron chi connectivity index (χ0n) is 40.2. The second-order valence-electron chi connectivity index (χ2n) is 18.6. The van der Waals surface area contributed by atoms with Gasteiger partial charge < -0.3 is 25.0 Å². The van der Waals surface area contributed by atoms with Crippen molar-refractivity contribution in [1.82, 2.24) is 10.6 Å². The SMILES string of the molecule is C[N-]C(=O)c1cc(C#N)c2c3ccc4c5c(ccc(c6c(-c7ccc(-c8ccc(-c9cc%10c%11c(cc(C#N)c%12c%13ccc%14c%15c(ccc(c9c%11%12)c%15%13)C(=O)[N-]C%14=O)C(=O)NC%10=O)s8)s7)cc(C=O)c1c26)c53)C(=O)NC4=O.[Rb+].[Rb+]. The summed E-state index contributed by atoms with van der Waals surface area (Å²) in [7, 11) is 1.34. The smallest absolute Gasteiger partial charge is 0.652 e. The van der Waals surface area contributed by atoms with Gasteiger partial charge in [-0.25, -0.2) is 0 Å². The van der Waals surface area contributed by atoms with Crippen LogP contribution in [0.5, 0.6) is 0 Å². The molecule has 0 saturated carbocycles. The second kappa shape index (κ2) is 17.7. The zero-order chi connectivity index (χ0) is 51.2. The third kappa shape index (κ3) is 6.54. The fourth-order valence-electron chi connectivity index (χ4n) is 12.2. The number of rotatable bonds is 5. The molecule has 18 heteroatoms. The van der Waals surface area contributed by atoms with Gasteiger partial charge in [0.25, 0.3) is 23.6 Å². The summed E-state index contributed by atoms with van der Waals surface area (Å²) in [6, 6.07) is 32.1. The predicted molar refractivity (Wildman–Crippen MR) is 285 cm³/mol. The van der Waals surface area contributed by atoms with Crippen LogP contribution in [0.2, 0.25) is 0 Å². The summed E-state index contributed by atoms with van der Waals surface area (Å²) in [4.78, 5) is 111. The molecule has 10 aromatic carbocycles. The van der Waals surface area contributed by atoms with E-state index in [-0.39, 0.29) is 172 Å². The molecule has 3 aliphatic rings. The largest absolute Gasteiger partial charge is 1.00 e. The first kappa shape index (κ1) is 49.9. The Morgan fingerprint density at radius 2 is 0.883 bits per heavy atom. The third-order valence-electron chi connectivity index (χ3n) is 15.1. The second-order valence-corrected chi connectivity index (χ2v) is 20.7. The van der Waals surface area contributed by atoms with Crippen LogP contribution in [-0.4, -0.2) is 54.7 Å². The van der Waals surface area contributed by atoms with Crippen LogP contribution < -0.4 is 127 Å². The summed E-state index contributed by atoms with van der Waals surface area (Å²) >= 11 is 2.84. The Hall–Kier alpha value is -6.65. The summed E-state index contributed by atoms with van der Waals surface area (Å²) < 4.78 is 0. The van der Waals surface area contributed by atoms with Crippen LogP contribution in [-0.2, 0) is 0 Å². The molecule has 2 aromatic heterocycles. The Morgan fingerprint density at radius 1 is 0.468 bits per heavy atom. The van der Waals surface area contributed by atoms with Crippen molar-refractivity contribution in [1.29, 1.82) is 10.5 Å². The van der Waals surface area contributed by atoms with Gasteiger partial charge in [0.05, 0.1) is 41.0 Å².